The van der Waals surface area contributed by atoms with Gasteiger partial charge in [0.15, 0.2) is 5.82 Å². The van der Waals surface area contributed by atoms with Crippen LogP contribution in [-0.2, 0) is 27.3 Å². The number of nitrogens with one attached hydrogen (secondary N) is 1. The third-order valence-electron chi connectivity index (χ3n) is 2.77. The van der Waals surface area contributed by atoms with E-state index in [1.54, 1.807) is 11.0 Å². The molecule has 0 saturated carbocycles. The highest BCUT2D eigenvalue weighted by Crippen LogP contribution is 1.90. The molecule has 122 valence electrons. The molecular formula is C14H28N4O3. The molecule has 0 aliphatic carbocycles. The summed E-state index contributed by atoms with van der Waals surface area (Å²) in [5, 5.41) is 7.31. The van der Waals surface area contributed by atoms with Crippen molar-refractivity contribution in [2.24, 2.45) is 0 Å². The summed E-state index contributed by atoms with van der Waals surface area (Å²) in [5.41, 5.74) is 0. The maximum Gasteiger partial charge on any atom is 0.164 e. The summed E-state index contributed by atoms with van der Waals surface area (Å²) in [6.45, 7) is 7.45. The zero-order valence-electron chi connectivity index (χ0n) is 13.2. The molecule has 7 heteroatoms. The summed E-state index contributed by atoms with van der Waals surface area (Å²) in [5.74, 6) is 0.795. The van der Waals surface area contributed by atoms with Gasteiger partial charge in [-0.3, -0.25) is 4.68 Å². The van der Waals surface area contributed by atoms with Gasteiger partial charge in [-0.05, 0) is 13.5 Å². The van der Waals surface area contributed by atoms with Crippen LogP contribution in [0.15, 0.2) is 6.33 Å². The van der Waals surface area contributed by atoms with E-state index in [0.29, 0.717) is 46.1 Å². The fourth-order valence-corrected chi connectivity index (χ4v) is 1.63. The van der Waals surface area contributed by atoms with Crippen molar-refractivity contribution >= 4 is 0 Å². The van der Waals surface area contributed by atoms with Gasteiger partial charge in [0.25, 0.3) is 0 Å². The quantitative estimate of drug-likeness (QED) is 0.514. The van der Waals surface area contributed by atoms with Gasteiger partial charge in [-0.15, -0.1) is 0 Å². The van der Waals surface area contributed by atoms with Crippen LogP contribution < -0.4 is 5.32 Å². The van der Waals surface area contributed by atoms with E-state index in [4.69, 9.17) is 14.2 Å². The van der Waals surface area contributed by atoms with Crippen LogP contribution in [0.1, 0.15) is 25.6 Å². The smallest absolute Gasteiger partial charge is 0.164 e. The molecule has 1 aromatic heterocycles. The van der Waals surface area contributed by atoms with E-state index in [1.165, 1.54) is 0 Å². The molecular weight excluding hydrogens is 272 g/mol. The lowest BCUT2D eigenvalue weighted by atomic mass is 10.4. The Hall–Kier alpha value is -1.02. The third-order valence-corrected chi connectivity index (χ3v) is 2.77. The maximum atomic E-state index is 5.48. The highest BCUT2D eigenvalue weighted by atomic mass is 16.5. The molecule has 0 fully saturated rings. The first kappa shape index (κ1) is 18.0. The van der Waals surface area contributed by atoms with Crippen molar-refractivity contribution in [3.05, 3.63) is 12.2 Å². The minimum absolute atomic E-state index is 0.590. The van der Waals surface area contributed by atoms with Crippen LogP contribution in [0.4, 0.5) is 0 Å². The van der Waals surface area contributed by atoms with Crippen LogP contribution in [0.5, 0.6) is 0 Å². The topological polar surface area (TPSA) is 70.4 Å². The SMILES string of the molecule is CCCCOCCOCCOCCn1cnc(CNC)n1. The summed E-state index contributed by atoms with van der Waals surface area (Å²) in [7, 11) is 1.87. The van der Waals surface area contributed by atoms with Gasteiger partial charge in [0, 0.05) is 6.61 Å². The molecule has 1 aromatic rings. The van der Waals surface area contributed by atoms with Gasteiger partial charge >= 0.3 is 0 Å². The molecule has 0 aliphatic rings. The lowest BCUT2D eigenvalue weighted by Crippen LogP contribution is -2.13. The minimum Gasteiger partial charge on any atom is -0.379 e. The Morgan fingerprint density at radius 1 is 1.05 bits per heavy atom. The Labute approximate surface area is 127 Å². The van der Waals surface area contributed by atoms with Gasteiger partial charge in [-0.2, -0.15) is 5.10 Å². The molecule has 21 heavy (non-hydrogen) atoms. The molecule has 0 amide bonds. The second-order valence-electron chi connectivity index (χ2n) is 4.64. The molecule has 0 bridgehead atoms. The Balaban J connectivity index is 1.86. The maximum absolute atomic E-state index is 5.48. The van der Waals surface area contributed by atoms with E-state index in [2.05, 4.69) is 22.3 Å². The molecule has 0 radical (unpaired) electrons. The molecule has 7 nitrogen and oxygen atoms in total. The van der Waals surface area contributed by atoms with Crippen molar-refractivity contribution in [1.29, 1.82) is 0 Å². The molecule has 1 heterocycles. The average molecular weight is 300 g/mol. The van der Waals surface area contributed by atoms with E-state index in [9.17, 15) is 0 Å². The van der Waals surface area contributed by atoms with Crippen molar-refractivity contribution in [3.63, 3.8) is 0 Å². The Morgan fingerprint density at radius 3 is 2.38 bits per heavy atom. The first-order valence-corrected chi connectivity index (χ1v) is 7.63. The molecule has 0 unspecified atom stereocenters. The number of nitrogens with zero attached hydrogens (tertiary/aromatic N) is 3. The standard InChI is InChI=1S/C14H28N4O3/c1-3-4-6-19-8-10-21-11-9-20-7-5-18-13-16-14(17-18)12-15-2/h13,15H,3-12H2,1-2H3. The van der Waals surface area contributed by atoms with Crippen LogP contribution in [0.25, 0.3) is 0 Å². The second kappa shape index (κ2) is 12.7. The fraction of sp³-hybridized carbons (Fsp3) is 0.857. The van der Waals surface area contributed by atoms with Crippen LogP contribution >= 0.6 is 0 Å². The predicted octanol–water partition coefficient (Wildman–Crippen LogP) is 0.847. The van der Waals surface area contributed by atoms with Crippen LogP contribution in [0.2, 0.25) is 0 Å². The lowest BCUT2D eigenvalue weighted by molar-refractivity contribution is 0.0123. The molecule has 1 N–H and O–H groups in total. The van der Waals surface area contributed by atoms with Gasteiger partial charge in [-0.25, -0.2) is 4.98 Å². The van der Waals surface area contributed by atoms with E-state index < -0.39 is 0 Å². The number of hydrogen-bond donors (Lipinski definition) is 1. The highest BCUT2D eigenvalue weighted by molar-refractivity contribution is 4.79. The second-order valence-corrected chi connectivity index (χ2v) is 4.64. The Morgan fingerprint density at radius 2 is 1.71 bits per heavy atom. The van der Waals surface area contributed by atoms with Crippen molar-refractivity contribution in [2.45, 2.75) is 32.9 Å². The number of aromatic nitrogens is 3. The average Bonchev–Trinajstić information content (AvgIpc) is 2.93. The summed E-state index contributed by atoms with van der Waals surface area (Å²) in [6, 6.07) is 0. The zero-order valence-corrected chi connectivity index (χ0v) is 13.2. The van der Waals surface area contributed by atoms with E-state index in [1.807, 2.05) is 7.05 Å². The largest absolute Gasteiger partial charge is 0.379 e. The predicted molar refractivity (Wildman–Crippen MR) is 80.2 cm³/mol. The molecule has 0 atom stereocenters. The van der Waals surface area contributed by atoms with Crippen LogP contribution in [0.3, 0.4) is 0 Å². The van der Waals surface area contributed by atoms with Gasteiger partial charge in [0.2, 0.25) is 0 Å². The normalized spacial score (nSPS) is 11.1. The first-order chi connectivity index (χ1) is 10.4. The van der Waals surface area contributed by atoms with Gasteiger partial charge in [0.05, 0.1) is 46.1 Å². The number of rotatable bonds is 14. The Bertz CT molecular complexity index is 347. The number of ether oxygens (including phenoxy) is 3. The van der Waals surface area contributed by atoms with E-state index in [0.717, 1.165) is 25.3 Å². The first-order valence-electron chi connectivity index (χ1n) is 7.63. The van der Waals surface area contributed by atoms with E-state index in [-0.39, 0.29) is 0 Å². The summed E-state index contributed by atoms with van der Waals surface area (Å²) < 4.78 is 18.1. The molecule has 0 saturated heterocycles. The monoisotopic (exact) mass is 300 g/mol. The van der Waals surface area contributed by atoms with Crippen molar-refractivity contribution in [2.75, 3.05) is 46.7 Å². The third kappa shape index (κ3) is 9.52. The lowest BCUT2D eigenvalue weighted by Gasteiger charge is -2.06. The summed E-state index contributed by atoms with van der Waals surface area (Å²) >= 11 is 0. The molecule has 1 rings (SSSR count). The van der Waals surface area contributed by atoms with Crippen LogP contribution in [0, 0.1) is 0 Å². The molecule has 0 spiro atoms. The summed E-state index contributed by atoms with van der Waals surface area (Å²) in [6.07, 6.45) is 4.00. The Kier molecular flexibility index (Phi) is 10.9. The fourth-order valence-electron chi connectivity index (χ4n) is 1.63. The van der Waals surface area contributed by atoms with Gasteiger partial charge < -0.3 is 19.5 Å². The van der Waals surface area contributed by atoms with Crippen molar-refractivity contribution < 1.29 is 14.2 Å². The minimum atomic E-state index is 0.590. The van der Waals surface area contributed by atoms with Crippen molar-refractivity contribution in [1.82, 2.24) is 20.1 Å². The zero-order chi connectivity index (χ0) is 15.2. The van der Waals surface area contributed by atoms with Crippen LogP contribution in [-0.4, -0.2) is 61.5 Å². The van der Waals surface area contributed by atoms with Crippen molar-refractivity contribution in [3.8, 4) is 0 Å². The van der Waals surface area contributed by atoms with Gasteiger partial charge in [-0.1, -0.05) is 13.3 Å². The summed E-state index contributed by atoms with van der Waals surface area (Å²) in [4.78, 5) is 4.17. The molecule has 0 aliphatic heterocycles. The number of hydrogen-bond acceptors (Lipinski definition) is 6. The van der Waals surface area contributed by atoms with Gasteiger partial charge in [0.1, 0.15) is 6.33 Å². The highest BCUT2D eigenvalue weighted by Gasteiger charge is 1.99. The number of unbranched alkanes of at least 4 members (excludes halogenated alkanes) is 1. The molecule has 0 aromatic carbocycles. The van der Waals surface area contributed by atoms with E-state index >= 15 is 0 Å².